The van der Waals surface area contributed by atoms with Crippen LogP contribution in [-0.4, -0.2) is 37.6 Å². The van der Waals surface area contributed by atoms with E-state index in [4.69, 9.17) is 4.74 Å². The van der Waals surface area contributed by atoms with Gasteiger partial charge in [-0.25, -0.2) is 0 Å². The molecule has 0 spiro atoms. The van der Waals surface area contributed by atoms with Crippen molar-refractivity contribution >= 4 is 35.6 Å². The van der Waals surface area contributed by atoms with E-state index in [9.17, 15) is 9.59 Å². The third-order valence-corrected chi connectivity index (χ3v) is 6.51. The Hall–Kier alpha value is -3.35. The number of nitrogens with one attached hydrogen (secondary N) is 2. The summed E-state index contributed by atoms with van der Waals surface area (Å²) in [7, 11) is 0. The number of carbonyl (C=O) groups excluding carboxylic acids is 2. The number of nitrogens with zero attached hydrogens (tertiary/aromatic N) is 1. The van der Waals surface area contributed by atoms with Crippen LogP contribution in [-0.2, 0) is 6.42 Å². The van der Waals surface area contributed by atoms with Gasteiger partial charge in [0.25, 0.3) is 11.8 Å². The van der Waals surface area contributed by atoms with E-state index in [1.807, 2.05) is 41.3 Å². The molecule has 38 heavy (non-hydrogen) atoms. The number of aryl methyl sites for hydroxylation is 1. The van der Waals surface area contributed by atoms with Crippen molar-refractivity contribution in [1.82, 2.24) is 5.32 Å². The summed E-state index contributed by atoms with van der Waals surface area (Å²) in [5.74, 6) is 0.315. The van der Waals surface area contributed by atoms with E-state index in [1.165, 1.54) is 5.56 Å². The van der Waals surface area contributed by atoms with Crippen LogP contribution >= 0.6 is 12.4 Å². The van der Waals surface area contributed by atoms with Gasteiger partial charge in [0, 0.05) is 29.5 Å². The Morgan fingerprint density at radius 3 is 2.45 bits per heavy atom. The number of hydrogen-bond donors (Lipinski definition) is 2. The molecule has 0 saturated heterocycles. The molecule has 2 N–H and O–H groups in total. The molecule has 0 atom stereocenters. The highest BCUT2D eigenvalue weighted by Crippen LogP contribution is 2.28. The molecule has 1 heterocycles. The molecule has 0 unspecified atom stereocenters. The molecule has 3 aromatic rings. The molecule has 7 heteroatoms. The van der Waals surface area contributed by atoms with Gasteiger partial charge in [-0.2, -0.15) is 0 Å². The van der Waals surface area contributed by atoms with Gasteiger partial charge in [-0.05, 0) is 86.7 Å². The van der Waals surface area contributed by atoms with Crippen molar-refractivity contribution in [2.24, 2.45) is 0 Å². The largest absolute Gasteiger partial charge is 0.493 e. The first-order chi connectivity index (χ1) is 18.0. The third-order valence-electron chi connectivity index (χ3n) is 6.51. The minimum Gasteiger partial charge on any atom is -0.493 e. The molecule has 4 rings (SSSR count). The molecular weight excluding hydrogens is 498 g/mol. The summed E-state index contributed by atoms with van der Waals surface area (Å²) >= 11 is 0. The third kappa shape index (κ3) is 7.83. The Bertz CT molecular complexity index is 1200. The van der Waals surface area contributed by atoms with Crippen molar-refractivity contribution in [3.05, 3.63) is 89.5 Å². The van der Waals surface area contributed by atoms with Crippen molar-refractivity contribution in [3.63, 3.8) is 0 Å². The molecular formula is C31H38ClN3O3. The van der Waals surface area contributed by atoms with E-state index in [-0.39, 0.29) is 24.2 Å². The van der Waals surface area contributed by atoms with E-state index in [0.717, 1.165) is 44.3 Å². The van der Waals surface area contributed by atoms with Crippen molar-refractivity contribution < 1.29 is 14.3 Å². The van der Waals surface area contributed by atoms with Crippen molar-refractivity contribution in [2.45, 2.75) is 52.0 Å². The number of amides is 2. The van der Waals surface area contributed by atoms with Gasteiger partial charge >= 0.3 is 0 Å². The van der Waals surface area contributed by atoms with Crippen LogP contribution in [0.3, 0.4) is 0 Å². The smallest absolute Gasteiger partial charge is 0.259 e. The summed E-state index contributed by atoms with van der Waals surface area (Å²) in [6.07, 6.45) is 4.97. The molecule has 0 aliphatic carbocycles. The highest BCUT2D eigenvalue weighted by Gasteiger charge is 2.22. The monoisotopic (exact) mass is 535 g/mol. The molecule has 0 saturated carbocycles. The molecule has 1 aliphatic rings. The van der Waals surface area contributed by atoms with Gasteiger partial charge in [0.15, 0.2) is 0 Å². The number of halogens is 1. The second kappa shape index (κ2) is 14.6. The maximum atomic E-state index is 13.3. The fourth-order valence-electron chi connectivity index (χ4n) is 4.53. The van der Waals surface area contributed by atoms with Gasteiger partial charge < -0.3 is 20.3 Å². The zero-order valence-electron chi connectivity index (χ0n) is 22.2. The topological polar surface area (TPSA) is 70.7 Å². The minimum absolute atomic E-state index is 0. The van der Waals surface area contributed by atoms with Crippen LogP contribution in [0.15, 0.2) is 72.8 Å². The van der Waals surface area contributed by atoms with E-state index >= 15 is 0 Å². The molecule has 6 nitrogen and oxygen atoms in total. The molecule has 0 bridgehead atoms. The van der Waals surface area contributed by atoms with Crippen LogP contribution in [0.5, 0.6) is 5.75 Å². The first kappa shape index (κ1) is 29.2. The standard InChI is InChI=1S/C31H37N3O3.ClH/c1-23(2)32-20-8-10-22-37-29-15-6-4-13-27(29)30(35)33-26-18-16-25(17-19-26)31(36)34-21-9-7-12-24-11-3-5-14-28(24)34;/h3-6,11,13-19,23,32H,7-10,12,20-22H2,1-2H3,(H,33,35);1H. The lowest BCUT2D eigenvalue weighted by atomic mass is 10.1. The number of ether oxygens (including phenoxy) is 1. The SMILES string of the molecule is CC(C)NCCCCOc1ccccc1C(=O)Nc1ccc(C(=O)N2CCCCc3ccccc32)cc1.Cl. The first-order valence-corrected chi connectivity index (χ1v) is 13.3. The molecule has 202 valence electrons. The first-order valence-electron chi connectivity index (χ1n) is 13.3. The van der Waals surface area contributed by atoms with Gasteiger partial charge in [0.05, 0.1) is 12.2 Å². The average molecular weight is 536 g/mol. The fourth-order valence-corrected chi connectivity index (χ4v) is 4.53. The van der Waals surface area contributed by atoms with Gasteiger partial charge in [0.1, 0.15) is 5.75 Å². The molecule has 0 aromatic heterocycles. The second-order valence-electron chi connectivity index (χ2n) is 9.73. The maximum Gasteiger partial charge on any atom is 0.259 e. The second-order valence-corrected chi connectivity index (χ2v) is 9.73. The number of rotatable bonds is 10. The number of carbonyl (C=O) groups is 2. The van der Waals surface area contributed by atoms with Gasteiger partial charge in [-0.15, -0.1) is 12.4 Å². The Labute approximate surface area is 232 Å². The summed E-state index contributed by atoms with van der Waals surface area (Å²) in [5.41, 5.74) is 3.93. The van der Waals surface area contributed by atoms with Crippen LogP contribution in [0.25, 0.3) is 0 Å². The quantitative estimate of drug-likeness (QED) is 0.291. The number of para-hydroxylation sites is 2. The van der Waals surface area contributed by atoms with Crippen molar-refractivity contribution in [1.29, 1.82) is 0 Å². The lowest BCUT2D eigenvalue weighted by Crippen LogP contribution is -2.31. The van der Waals surface area contributed by atoms with E-state index in [2.05, 4.69) is 30.5 Å². The summed E-state index contributed by atoms with van der Waals surface area (Å²) in [4.78, 5) is 28.2. The summed E-state index contributed by atoms with van der Waals surface area (Å²) in [6, 6.07) is 23.0. The van der Waals surface area contributed by atoms with Crippen LogP contribution < -0.4 is 20.3 Å². The molecule has 0 fully saturated rings. The van der Waals surface area contributed by atoms with Gasteiger partial charge in [0.2, 0.25) is 0 Å². The maximum absolute atomic E-state index is 13.3. The number of anilines is 2. The average Bonchev–Trinajstić information content (AvgIpc) is 3.13. The molecule has 0 radical (unpaired) electrons. The van der Waals surface area contributed by atoms with Crippen LogP contribution in [0, 0.1) is 0 Å². The highest BCUT2D eigenvalue weighted by atomic mass is 35.5. The minimum atomic E-state index is -0.238. The molecule has 3 aromatic carbocycles. The number of hydrogen-bond acceptors (Lipinski definition) is 4. The van der Waals surface area contributed by atoms with Crippen LogP contribution in [0.4, 0.5) is 11.4 Å². The predicted octanol–water partition coefficient (Wildman–Crippen LogP) is 6.50. The summed E-state index contributed by atoms with van der Waals surface area (Å²) in [5, 5.41) is 6.33. The fraction of sp³-hybridized carbons (Fsp3) is 0.355. The molecule has 2 amide bonds. The van der Waals surface area contributed by atoms with Crippen molar-refractivity contribution in [3.8, 4) is 5.75 Å². The predicted molar refractivity (Wildman–Crippen MR) is 157 cm³/mol. The number of benzene rings is 3. The Kier molecular flexibility index (Phi) is 11.2. The number of unbranched alkanes of at least 4 members (excludes halogenated alkanes) is 1. The lowest BCUT2D eigenvalue weighted by Gasteiger charge is -2.23. The van der Waals surface area contributed by atoms with Crippen LogP contribution in [0.2, 0.25) is 0 Å². The van der Waals surface area contributed by atoms with Gasteiger partial charge in [-0.1, -0.05) is 44.2 Å². The number of fused-ring (bicyclic) bond motifs is 1. The van der Waals surface area contributed by atoms with E-state index in [0.29, 0.717) is 41.8 Å². The summed E-state index contributed by atoms with van der Waals surface area (Å²) in [6.45, 7) is 6.48. The Morgan fingerprint density at radius 1 is 0.921 bits per heavy atom. The van der Waals surface area contributed by atoms with Crippen LogP contribution in [0.1, 0.15) is 65.8 Å². The zero-order chi connectivity index (χ0) is 26.0. The van der Waals surface area contributed by atoms with E-state index in [1.54, 1.807) is 30.3 Å². The highest BCUT2D eigenvalue weighted by molar-refractivity contribution is 6.08. The Morgan fingerprint density at radius 2 is 1.66 bits per heavy atom. The normalized spacial score (nSPS) is 12.8. The zero-order valence-corrected chi connectivity index (χ0v) is 23.1. The lowest BCUT2D eigenvalue weighted by molar-refractivity contribution is 0.0985. The van der Waals surface area contributed by atoms with Gasteiger partial charge in [-0.3, -0.25) is 9.59 Å². The van der Waals surface area contributed by atoms with E-state index < -0.39 is 0 Å². The van der Waals surface area contributed by atoms with Crippen molar-refractivity contribution in [2.75, 3.05) is 29.9 Å². The summed E-state index contributed by atoms with van der Waals surface area (Å²) < 4.78 is 5.92. The Balaban J connectivity index is 0.00000400. The molecule has 1 aliphatic heterocycles.